The van der Waals surface area contributed by atoms with Gasteiger partial charge in [-0.15, -0.1) is 28.1 Å². The van der Waals surface area contributed by atoms with Gasteiger partial charge in [0.25, 0.3) is 5.97 Å². The first kappa shape index (κ1) is 19.3. The summed E-state index contributed by atoms with van der Waals surface area (Å²) in [5, 5.41) is 17.7. The minimum absolute atomic E-state index is 0.389. The summed E-state index contributed by atoms with van der Waals surface area (Å²) in [6.07, 6.45) is 1.83. The van der Waals surface area contributed by atoms with Crippen LogP contribution in [0.5, 0.6) is 0 Å². The number of carbonyl (C=O) groups is 1. The molecule has 0 saturated heterocycles. The maximum absolute atomic E-state index is 9.00. The number of thioether (sulfide) groups is 1. The second-order valence-corrected chi connectivity index (χ2v) is 6.78. The summed E-state index contributed by atoms with van der Waals surface area (Å²) in [7, 11) is 0. The van der Waals surface area contributed by atoms with E-state index in [0.717, 1.165) is 34.4 Å². The van der Waals surface area contributed by atoms with Crippen LogP contribution in [0.15, 0.2) is 17.8 Å². The standard InChI is InChI=1S/C12H17N5S2.C2H4O2/c1-4-5-17-11(6-13)15-16-12(17)18-7-10-8(2)14-9(3)19-10;1-2(3)4/h4H,1,5-7,13H2,2-3H3;1H3,(H,3,4). The molecule has 0 aromatic carbocycles. The van der Waals surface area contributed by atoms with Crippen molar-refractivity contribution in [2.75, 3.05) is 0 Å². The molecule has 23 heavy (non-hydrogen) atoms. The van der Waals surface area contributed by atoms with Gasteiger partial charge in [0.05, 0.1) is 17.2 Å². The number of aliphatic carboxylic acids is 1. The molecule has 2 heterocycles. The van der Waals surface area contributed by atoms with Crippen LogP contribution in [0.1, 0.15) is 28.3 Å². The molecule has 0 atom stereocenters. The summed E-state index contributed by atoms with van der Waals surface area (Å²) in [6, 6.07) is 0. The molecule has 2 rings (SSSR count). The molecule has 0 aliphatic carbocycles. The van der Waals surface area contributed by atoms with Gasteiger partial charge in [-0.05, 0) is 13.8 Å². The van der Waals surface area contributed by atoms with Gasteiger partial charge in [-0.25, -0.2) is 4.98 Å². The SMILES string of the molecule is C=CCn1c(CN)nnc1SCc1sc(C)nc1C.CC(=O)O. The summed E-state index contributed by atoms with van der Waals surface area (Å²) < 4.78 is 2.00. The normalized spacial score (nSPS) is 10.1. The van der Waals surface area contributed by atoms with Crippen molar-refractivity contribution in [3.8, 4) is 0 Å². The lowest BCUT2D eigenvalue weighted by atomic mass is 10.4. The van der Waals surface area contributed by atoms with Crippen LogP contribution in [0.25, 0.3) is 0 Å². The molecule has 2 aromatic rings. The summed E-state index contributed by atoms with van der Waals surface area (Å²) in [5.41, 5.74) is 6.75. The highest BCUT2D eigenvalue weighted by Crippen LogP contribution is 2.27. The van der Waals surface area contributed by atoms with Crippen LogP contribution < -0.4 is 5.73 Å². The van der Waals surface area contributed by atoms with Crippen LogP contribution in [0.3, 0.4) is 0 Å². The van der Waals surface area contributed by atoms with Crippen molar-refractivity contribution in [2.45, 2.75) is 44.8 Å². The van der Waals surface area contributed by atoms with Crippen molar-refractivity contribution >= 4 is 29.1 Å². The number of hydrogen-bond acceptors (Lipinski definition) is 7. The van der Waals surface area contributed by atoms with E-state index in [1.165, 1.54) is 4.88 Å². The third-order valence-corrected chi connectivity index (χ3v) is 4.87. The molecular weight excluding hydrogens is 334 g/mol. The molecule has 3 N–H and O–H groups in total. The molecule has 0 spiro atoms. The zero-order valence-electron chi connectivity index (χ0n) is 13.4. The van der Waals surface area contributed by atoms with Gasteiger partial charge in [-0.2, -0.15) is 0 Å². The van der Waals surface area contributed by atoms with E-state index >= 15 is 0 Å². The number of carboxylic acids is 1. The summed E-state index contributed by atoms with van der Waals surface area (Å²) in [4.78, 5) is 14.7. The lowest BCUT2D eigenvalue weighted by molar-refractivity contribution is -0.134. The van der Waals surface area contributed by atoms with Crippen molar-refractivity contribution in [3.63, 3.8) is 0 Å². The Balaban J connectivity index is 0.000000593. The predicted molar refractivity (Wildman–Crippen MR) is 92.6 cm³/mol. The molecule has 2 aromatic heterocycles. The fourth-order valence-electron chi connectivity index (χ4n) is 1.73. The Morgan fingerprint density at radius 2 is 2.13 bits per heavy atom. The van der Waals surface area contributed by atoms with Gasteiger partial charge in [-0.3, -0.25) is 4.79 Å². The molecule has 9 heteroatoms. The third kappa shape index (κ3) is 6.12. The van der Waals surface area contributed by atoms with Gasteiger partial charge in [0.2, 0.25) is 0 Å². The van der Waals surface area contributed by atoms with E-state index in [-0.39, 0.29) is 0 Å². The van der Waals surface area contributed by atoms with E-state index in [4.69, 9.17) is 15.6 Å². The number of thiazole rings is 1. The number of aryl methyl sites for hydroxylation is 2. The number of allylic oxidation sites excluding steroid dienone is 1. The summed E-state index contributed by atoms with van der Waals surface area (Å²) >= 11 is 3.39. The van der Waals surface area contributed by atoms with Crippen LogP contribution in [0, 0.1) is 13.8 Å². The zero-order valence-corrected chi connectivity index (χ0v) is 15.1. The predicted octanol–water partition coefficient (Wildman–Crippen LogP) is 2.38. The monoisotopic (exact) mass is 355 g/mol. The van der Waals surface area contributed by atoms with Crippen molar-refractivity contribution in [1.29, 1.82) is 0 Å². The molecule has 7 nitrogen and oxygen atoms in total. The maximum Gasteiger partial charge on any atom is 0.300 e. The number of nitrogens with zero attached hydrogens (tertiary/aromatic N) is 4. The highest BCUT2D eigenvalue weighted by molar-refractivity contribution is 7.98. The Bertz CT molecular complexity index is 662. The second-order valence-electron chi connectivity index (χ2n) is 4.55. The molecule has 0 fully saturated rings. The van der Waals surface area contributed by atoms with Crippen LogP contribution in [0.4, 0.5) is 0 Å². The first-order chi connectivity index (χ1) is 10.9. The minimum Gasteiger partial charge on any atom is -0.481 e. The van der Waals surface area contributed by atoms with E-state index in [1.807, 2.05) is 24.5 Å². The molecule has 0 amide bonds. The second kappa shape index (κ2) is 9.43. The number of carboxylic acid groups (broad SMARTS) is 1. The Kier molecular flexibility index (Phi) is 7.93. The largest absolute Gasteiger partial charge is 0.481 e. The van der Waals surface area contributed by atoms with E-state index in [0.29, 0.717) is 13.1 Å². The molecule has 0 radical (unpaired) electrons. The molecule has 0 bridgehead atoms. The Morgan fingerprint density at radius 1 is 1.48 bits per heavy atom. The van der Waals surface area contributed by atoms with Crippen LogP contribution >= 0.6 is 23.1 Å². The van der Waals surface area contributed by atoms with Crippen LogP contribution in [0.2, 0.25) is 0 Å². The summed E-state index contributed by atoms with van der Waals surface area (Å²) in [5.74, 6) is 0.816. The fourth-order valence-corrected chi connectivity index (χ4v) is 3.78. The van der Waals surface area contributed by atoms with Gasteiger partial charge in [-0.1, -0.05) is 17.8 Å². The Morgan fingerprint density at radius 3 is 2.61 bits per heavy atom. The number of nitrogens with two attached hydrogens (primary N) is 1. The molecule has 0 aliphatic rings. The average molecular weight is 355 g/mol. The van der Waals surface area contributed by atoms with E-state index in [2.05, 4.69) is 21.8 Å². The molecule has 0 saturated carbocycles. The van der Waals surface area contributed by atoms with E-state index in [9.17, 15) is 0 Å². The first-order valence-corrected chi connectivity index (χ1v) is 8.67. The first-order valence-electron chi connectivity index (χ1n) is 6.87. The quantitative estimate of drug-likeness (QED) is 0.605. The minimum atomic E-state index is -0.833. The van der Waals surface area contributed by atoms with Gasteiger partial charge in [0.1, 0.15) is 5.82 Å². The fraction of sp³-hybridized carbons (Fsp3) is 0.429. The van der Waals surface area contributed by atoms with E-state index < -0.39 is 5.97 Å². The van der Waals surface area contributed by atoms with Crippen molar-refractivity contribution in [2.24, 2.45) is 5.73 Å². The Labute approximate surface area is 143 Å². The molecule has 126 valence electrons. The third-order valence-electron chi connectivity index (χ3n) is 2.62. The van der Waals surface area contributed by atoms with Gasteiger partial charge in [0, 0.05) is 24.1 Å². The number of rotatable bonds is 6. The molecule has 0 unspecified atom stereocenters. The maximum atomic E-state index is 9.00. The molecule has 0 aliphatic heterocycles. The Hall–Kier alpha value is -1.71. The van der Waals surface area contributed by atoms with Crippen LogP contribution in [-0.4, -0.2) is 30.8 Å². The van der Waals surface area contributed by atoms with Gasteiger partial charge >= 0.3 is 0 Å². The highest BCUT2D eigenvalue weighted by Gasteiger charge is 2.12. The lowest BCUT2D eigenvalue weighted by Gasteiger charge is -2.05. The average Bonchev–Trinajstić information content (AvgIpc) is 2.99. The van der Waals surface area contributed by atoms with Gasteiger partial charge in [0.15, 0.2) is 5.16 Å². The van der Waals surface area contributed by atoms with Crippen molar-refractivity contribution in [1.82, 2.24) is 19.7 Å². The smallest absolute Gasteiger partial charge is 0.300 e. The van der Waals surface area contributed by atoms with Crippen molar-refractivity contribution < 1.29 is 9.90 Å². The topological polar surface area (TPSA) is 107 Å². The van der Waals surface area contributed by atoms with Crippen molar-refractivity contribution in [3.05, 3.63) is 34.1 Å². The molecular formula is C14H21N5O2S2. The highest BCUT2D eigenvalue weighted by atomic mass is 32.2. The van der Waals surface area contributed by atoms with Gasteiger partial charge < -0.3 is 15.4 Å². The van der Waals surface area contributed by atoms with Crippen LogP contribution in [-0.2, 0) is 23.6 Å². The number of aromatic nitrogens is 4. The summed E-state index contributed by atoms with van der Waals surface area (Å²) in [6.45, 7) is 9.98. The zero-order chi connectivity index (χ0) is 17.4. The number of hydrogen-bond donors (Lipinski definition) is 2. The lowest BCUT2D eigenvalue weighted by Crippen LogP contribution is -2.08. The van der Waals surface area contributed by atoms with E-state index in [1.54, 1.807) is 23.1 Å².